The third-order valence-corrected chi connectivity index (χ3v) is 5.75. The summed E-state index contributed by atoms with van der Waals surface area (Å²) in [5.74, 6) is 0.847. The van der Waals surface area contributed by atoms with Gasteiger partial charge in [0.15, 0.2) is 0 Å². The van der Waals surface area contributed by atoms with Crippen molar-refractivity contribution in [1.82, 2.24) is 9.97 Å². The lowest BCUT2D eigenvalue weighted by atomic mass is 9.97. The molecule has 3 rings (SSSR count). The van der Waals surface area contributed by atoms with E-state index in [-0.39, 0.29) is 22.7 Å². The number of carbonyl (C=O) groups excluding carboxylic acids is 1. The van der Waals surface area contributed by atoms with Crippen LogP contribution in [0, 0.1) is 5.92 Å². The Morgan fingerprint density at radius 3 is 2.68 bits per heavy atom. The SMILES string of the molecule is CCc1cnc(-c2cnc(N3CCC(C(=O)OC)CC3)c(Cl)c2CS(=O)[O-])o1. The number of carbonyl (C=O) groups is 1. The van der Waals surface area contributed by atoms with Gasteiger partial charge in [0.25, 0.3) is 0 Å². The molecule has 1 unspecified atom stereocenters. The predicted octanol–water partition coefficient (Wildman–Crippen LogP) is 2.72. The maximum absolute atomic E-state index is 11.7. The van der Waals surface area contributed by atoms with E-state index in [9.17, 15) is 13.6 Å². The Balaban J connectivity index is 1.91. The molecule has 0 aliphatic carbocycles. The summed E-state index contributed by atoms with van der Waals surface area (Å²) in [6, 6.07) is 0. The molecule has 3 heterocycles. The van der Waals surface area contributed by atoms with Gasteiger partial charge in [0.1, 0.15) is 11.6 Å². The molecule has 0 saturated carbocycles. The van der Waals surface area contributed by atoms with Crippen LogP contribution in [0.5, 0.6) is 0 Å². The van der Waals surface area contributed by atoms with Crippen molar-refractivity contribution in [3.63, 3.8) is 0 Å². The molecule has 1 aliphatic rings. The number of esters is 1. The van der Waals surface area contributed by atoms with E-state index in [1.54, 1.807) is 12.4 Å². The van der Waals surface area contributed by atoms with Gasteiger partial charge in [-0.25, -0.2) is 9.97 Å². The third kappa shape index (κ3) is 4.37. The van der Waals surface area contributed by atoms with Crippen LogP contribution in [-0.2, 0) is 32.8 Å². The number of rotatable bonds is 6. The first-order chi connectivity index (χ1) is 13.4. The highest BCUT2D eigenvalue weighted by molar-refractivity contribution is 7.78. The number of anilines is 1. The first kappa shape index (κ1) is 20.8. The molecule has 1 saturated heterocycles. The minimum absolute atomic E-state index is 0.146. The summed E-state index contributed by atoms with van der Waals surface area (Å²) >= 11 is 4.23. The van der Waals surface area contributed by atoms with E-state index < -0.39 is 11.1 Å². The molecule has 0 aromatic carbocycles. The second-order valence-electron chi connectivity index (χ2n) is 6.51. The van der Waals surface area contributed by atoms with Gasteiger partial charge in [-0.1, -0.05) is 29.6 Å². The summed E-state index contributed by atoms with van der Waals surface area (Å²) in [4.78, 5) is 22.3. The topological polar surface area (TPSA) is 109 Å². The molecule has 2 aromatic heterocycles. The number of aromatic nitrogens is 2. The van der Waals surface area contributed by atoms with E-state index in [1.165, 1.54) is 7.11 Å². The van der Waals surface area contributed by atoms with Crippen LogP contribution in [0.3, 0.4) is 0 Å². The van der Waals surface area contributed by atoms with Crippen molar-refractivity contribution >= 4 is 34.5 Å². The van der Waals surface area contributed by atoms with E-state index in [1.807, 2.05) is 11.8 Å². The fourth-order valence-electron chi connectivity index (χ4n) is 3.27. The molecule has 10 heteroatoms. The first-order valence-electron chi connectivity index (χ1n) is 8.95. The lowest BCUT2D eigenvalue weighted by Crippen LogP contribution is -2.37. The van der Waals surface area contributed by atoms with Gasteiger partial charge in [0.2, 0.25) is 5.89 Å². The van der Waals surface area contributed by atoms with Gasteiger partial charge in [0, 0.05) is 37.0 Å². The molecule has 1 atom stereocenters. The second kappa shape index (κ2) is 9.02. The molecule has 0 spiro atoms. The normalized spacial score (nSPS) is 16.2. The lowest BCUT2D eigenvalue weighted by Gasteiger charge is -2.32. The van der Waals surface area contributed by atoms with Crippen LogP contribution in [0.1, 0.15) is 31.1 Å². The predicted molar refractivity (Wildman–Crippen MR) is 104 cm³/mol. The Morgan fingerprint density at radius 2 is 2.11 bits per heavy atom. The molecule has 0 N–H and O–H groups in total. The van der Waals surface area contributed by atoms with Crippen molar-refractivity contribution in [2.75, 3.05) is 25.1 Å². The lowest BCUT2D eigenvalue weighted by molar-refractivity contribution is -0.146. The monoisotopic (exact) mass is 426 g/mol. The summed E-state index contributed by atoms with van der Waals surface area (Å²) in [5, 5.41) is 0.259. The molecule has 8 nitrogen and oxygen atoms in total. The number of methoxy groups -OCH3 is 1. The molecule has 0 radical (unpaired) electrons. The standard InChI is InChI=1S/C18H22ClN3O5S/c1-3-12-8-21-17(27-12)13-9-20-16(15(19)14(13)10-28(24)25)22-6-4-11(5-7-22)18(23)26-2/h8-9,11H,3-7,10H2,1-2H3,(H,24,25)/p-1. The highest BCUT2D eigenvalue weighted by atomic mass is 35.5. The van der Waals surface area contributed by atoms with Gasteiger partial charge in [-0.15, -0.1) is 0 Å². The maximum atomic E-state index is 11.7. The number of nitrogens with zero attached hydrogens (tertiary/aromatic N) is 3. The molecule has 0 bridgehead atoms. The summed E-state index contributed by atoms with van der Waals surface area (Å²) in [6.45, 7) is 3.08. The van der Waals surface area contributed by atoms with Crippen LogP contribution >= 0.6 is 11.6 Å². The van der Waals surface area contributed by atoms with Crippen molar-refractivity contribution in [3.8, 4) is 11.5 Å². The number of hydrogen-bond donors (Lipinski definition) is 0. The molecule has 1 aliphatic heterocycles. The first-order valence-corrected chi connectivity index (χ1v) is 10.6. The van der Waals surface area contributed by atoms with Gasteiger partial charge in [0.05, 0.1) is 29.8 Å². The highest BCUT2D eigenvalue weighted by Crippen LogP contribution is 2.36. The van der Waals surface area contributed by atoms with Gasteiger partial charge >= 0.3 is 5.97 Å². The van der Waals surface area contributed by atoms with E-state index >= 15 is 0 Å². The van der Waals surface area contributed by atoms with Gasteiger partial charge in [-0.3, -0.25) is 9.00 Å². The van der Waals surface area contributed by atoms with Crippen LogP contribution in [-0.4, -0.2) is 44.9 Å². The van der Waals surface area contributed by atoms with Crippen LogP contribution in [0.4, 0.5) is 5.82 Å². The van der Waals surface area contributed by atoms with Crippen molar-refractivity contribution in [2.24, 2.45) is 5.92 Å². The quantitative estimate of drug-likeness (QED) is 0.512. The largest absolute Gasteiger partial charge is 0.772 e. The van der Waals surface area contributed by atoms with Crippen molar-refractivity contribution in [2.45, 2.75) is 31.9 Å². The fourth-order valence-corrected chi connectivity index (χ4v) is 4.22. The second-order valence-corrected chi connectivity index (χ2v) is 7.78. The number of oxazole rings is 1. The van der Waals surface area contributed by atoms with Crippen molar-refractivity contribution < 1.29 is 22.7 Å². The zero-order chi connectivity index (χ0) is 20.3. The average molecular weight is 427 g/mol. The summed E-state index contributed by atoms with van der Waals surface area (Å²) in [7, 11) is 1.38. The maximum Gasteiger partial charge on any atom is 0.308 e. The van der Waals surface area contributed by atoms with E-state index in [0.29, 0.717) is 60.9 Å². The Kier molecular flexibility index (Phi) is 6.69. The fraction of sp³-hybridized carbons (Fsp3) is 0.500. The van der Waals surface area contributed by atoms with E-state index in [4.69, 9.17) is 20.8 Å². The molecule has 0 amide bonds. The van der Waals surface area contributed by atoms with Crippen LogP contribution in [0.15, 0.2) is 16.8 Å². The van der Waals surface area contributed by atoms with Gasteiger partial charge in [-0.05, 0) is 12.8 Å². The van der Waals surface area contributed by atoms with Crippen LogP contribution < -0.4 is 4.90 Å². The summed E-state index contributed by atoms with van der Waals surface area (Å²) < 4.78 is 33.3. The molecule has 2 aromatic rings. The average Bonchev–Trinajstić information content (AvgIpc) is 3.18. The Hall–Kier alpha value is -1.97. The number of piperidine rings is 1. The summed E-state index contributed by atoms with van der Waals surface area (Å²) in [6.07, 6.45) is 5.06. The zero-order valence-corrected chi connectivity index (χ0v) is 17.2. The minimum atomic E-state index is -2.34. The highest BCUT2D eigenvalue weighted by Gasteiger charge is 2.28. The number of hydrogen-bond acceptors (Lipinski definition) is 8. The number of aryl methyl sites for hydroxylation is 1. The Bertz CT molecular complexity index is 880. The van der Waals surface area contributed by atoms with Crippen molar-refractivity contribution in [3.05, 3.63) is 28.7 Å². The molecule has 28 heavy (non-hydrogen) atoms. The Labute approximate surface area is 170 Å². The molecular weight excluding hydrogens is 406 g/mol. The van der Waals surface area contributed by atoms with E-state index in [0.717, 1.165) is 0 Å². The molecule has 1 fully saturated rings. The van der Waals surface area contributed by atoms with Crippen LogP contribution in [0.2, 0.25) is 5.02 Å². The Morgan fingerprint density at radius 1 is 1.39 bits per heavy atom. The summed E-state index contributed by atoms with van der Waals surface area (Å²) in [5.41, 5.74) is 0.863. The third-order valence-electron chi connectivity index (χ3n) is 4.83. The smallest absolute Gasteiger partial charge is 0.308 e. The number of ether oxygens (including phenoxy) is 1. The van der Waals surface area contributed by atoms with E-state index in [2.05, 4.69) is 9.97 Å². The molecular formula is C18H21ClN3O5S-. The van der Waals surface area contributed by atoms with Gasteiger partial charge < -0.3 is 18.6 Å². The zero-order valence-electron chi connectivity index (χ0n) is 15.6. The van der Waals surface area contributed by atoms with Gasteiger partial charge in [-0.2, -0.15) is 0 Å². The molecule has 152 valence electrons. The number of halogens is 1. The van der Waals surface area contributed by atoms with Crippen molar-refractivity contribution in [1.29, 1.82) is 0 Å². The number of pyridine rings is 1. The minimum Gasteiger partial charge on any atom is -0.772 e. The van der Waals surface area contributed by atoms with Crippen LogP contribution in [0.25, 0.3) is 11.5 Å².